The van der Waals surface area contributed by atoms with Crippen LogP contribution < -0.4 is 16.4 Å². The third-order valence-electron chi connectivity index (χ3n) is 12.8. The third kappa shape index (κ3) is 12.3. The number of rotatable bonds is 19. The Hall–Kier alpha value is -6.28. The predicted octanol–water partition coefficient (Wildman–Crippen LogP) is 6.91. The number of unbranched alkanes of at least 4 members (excludes halogenated alkanes) is 2. The first kappa shape index (κ1) is 46.7. The van der Waals surface area contributed by atoms with Crippen LogP contribution >= 0.6 is 0 Å². The van der Waals surface area contributed by atoms with Gasteiger partial charge >= 0.3 is 0 Å². The minimum atomic E-state index is -0.299. The van der Waals surface area contributed by atoms with E-state index in [1.54, 1.807) is 18.3 Å². The van der Waals surface area contributed by atoms with Gasteiger partial charge in [-0.2, -0.15) is 0 Å². The van der Waals surface area contributed by atoms with Crippen LogP contribution in [0.1, 0.15) is 128 Å². The lowest BCUT2D eigenvalue weighted by molar-refractivity contribution is -0.138. The van der Waals surface area contributed by atoms with Crippen LogP contribution in [0.5, 0.6) is 0 Å². The minimum absolute atomic E-state index is 0.0367. The first-order chi connectivity index (χ1) is 31.5. The summed E-state index contributed by atoms with van der Waals surface area (Å²) >= 11 is 0. The smallest absolute Gasteiger partial charge is 0.255 e. The molecule has 1 aromatic heterocycles. The minimum Gasteiger partial charge on any atom is -0.387 e. The van der Waals surface area contributed by atoms with Gasteiger partial charge in [-0.3, -0.25) is 43.6 Å². The lowest BCUT2D eigenvalue weighted by atomic mass is 9.79. The van der Waals surface area contributed by atoms with Crippen LogP contribution in [0.25, 0.3) is 6.08 Å². The fourth-order valence-electron chi connectivity index (χ4n) is 9.28. The number of Topliss-reactive ketones (excluding diaryl/α,β-unsaturated/α-hetero) is 1. The fourth-order valence-corrected chi connectivity index (χ4v) is 9.28. The molecular weight excluding hydrogens is 821 g/mol. The highest BCUT2D eigenvalue weighted by Gasteiger charge is 2.31. The molecule has 0 atom stereocenters. The van der Waals surface area contributed by atoms with Gasteiger partial charge < -0.3 is 21.3 Å². The number of nitrogens with zero attached hydrogens (tertiary/aromatic N) is 5. The molecule has 1 aliphatic carbocycles. The van der Waals surface area contributed by atoms with E-state index in [9.17, 15) is 28.8 Å². The van der Waals surface area contributed by atoms with Crippen molar-refractivity contribution in [2.24, 2.45) is 22.6 Å². The second-order valence-corrected chi connectivity index (χ2v) is 17.8. The van der Waals surface area contributed by atoms with Gasteiger partial charge in [0, 0.05) is 111 Å². The quantitative estimate of drug-likeness (QED) is 0.0850. The number of amides is 5. The van der Waals surface area contributed by atoms with Gasteiger partial charge in [-0.05, 0) is 105 Å². The number of benzene rings is 2. The summed E-state index contributed by atoms with van der Waals surface area (Å²) in [5.41, 5.74) is 12.9. The molecule has 4 N–H and O–H groups in total. The zero-order valence-electron chi connectivity index (χ0n) is 37.8. The number of imide groups is 1. The zero-order chi connectivity index (χ0) is 45.9. The van der Waals surface area contributed by atoms with E-state index in [1.807, 2.05) is 47.4 Å². The van der Waals surface area contributed by atoms with Crippen molar-refractivity contribution >= 4 is 58.6 Å². The maximum Gasteiger partial charge on any atom is 0.255 e. The molecule has 65 heavy (non-hydrogen) atoms. The largest absolute Gasteiger partial charge is 0.387 e. The molecule has 14 nitrogen and oxygen atoms in total. The summed E-state index contributed by atoms with van der Waals surface area (Å²) in [6, 6.07) is 14.9. The first-order valence-electron chi connectivity index (χ1n) is 23.4. The number of hydrogen-bond acceptors (Lipinski definition) is 10. The van der Waals surface area contributed by atoms with Gasteiger partial charge in [0.1, 0.15) is 11.6 Å². The van der Waals surface area contributed by atoms with Crippen molar-refractivity contribution in [1.29, 1.82) is 0 Å². The number of aliphatic imine (C=N–C) groups is 1. The number of amidine groups is 1. The molecule has 1 fully saturated rings. The average Bonchev–Trinajstić information content (AvgIpc) is 3.51. The van der Waals surface area contributed by atoms with E-state index in [1.165, 1.54) is 17.1 Å². The first-order valence-corrected chi connectivity index (χ1v) is 23.4. The summed E-state index contributed by atoms with van der Waals surface area (Å²) in [5.74, 6) is -0.000852. The summed E-state index contributed by atoms with van der Waals surface area (Å²) in [4.78, 5) is 91.1. The molecule has 0 spiro atoms. The molecular formula is C51H62N8O6. The van der Waals surface area contributed by atoms with Crippen molar-refractivity contribution in [2.45, 2.75) is 104 Å². The summed E-state index contributed by atoms with van der Waals surface area (Å²) < 4.78 is 0. The highest BCUT2D eigenvalue weighted by Crippen LogP contribution is 2.32. The Morgan fingerprint density at radius 3 is 2.31 bits per heavy atom. The van der Waals surface area contributed by atoms with Gasteiger partial charge in [0.2, 0.25) is 5.91 Å². The monoisotopic (exact) mass is 882 g/mol. The molecule has 342 valence electrons. The number of anilines is 1. The Morgan fingerprint density at radius 1 is 0.862 bits per heavy atom. The number of aromatic nitrogens is 1. The van der Waals surface area contributed by atoms with Crippen LogP contribution in [-0.2, 0) is 38.7 Å². The average molecular weight is 883 g/mol. The molecule has 0 saturated heterocycles. The van der Waals surface area contributed by atoms with E-state index in [0.717, 1.165) is 93.1 Å². The molecule has 0 unspecified atom stereocenters. The second-order valence-electron chi connectivity index (χ2n) is 17.8. The lowest BCUT2D eigenvalue weighted by Gasteiger charge is -2.30. The zero-order valence-corrected chi connectivity index (χ0v) is 37.8. The van der Waals surface area contributed by atoms with Gasteiger partial charge in [-0.15, -0.1) is 0 Å². The van der Waals surface area contributed by atoms with Gasteiger partial charge in [-0.25, -0.2) is 4.99 Å². The van der Waals surface area contributed by atoms with Crippen LogP contribution in [0.15, 0.2) is 77.4 Å². The van der Waals surface area contributed by atoms with Gasteiger partial charge in [0.25, 0.3) is 23.6 Å². The number of pyridine rings is 1. The summed E-state index contributed by atoms with van der Waals surface area (Å²) in [6.07, 6.45) is 15.2. The van der Waals surface area contributed by atoms with Crippen LogP contribution in [0, 0.1) is 11.8 Å². The number of carbonyl (C=O) groups excluding carboxylic acids is 6. The summed E-state index contributed by atoms with van der Waals surface area (Å²) in [7, 11) is 0. The molecule has 4 heterocycles. The molecule has 2 aromatic carbocycles. The van der Waals surface area contributed by atoms with E-state index in [4.69, 9.17) is 5.73 Å². The molecule has 1 saturated carbocycles. The van der Waals surface area contributed by atoms with Crippen LogP contribution in [-0.4, -0.2) is 93.6 Å². The maximum atomic E-state index is 13.5. The predicted molar refractivity (Wildman–Crippen MR) is 251 cm³/mol. The van der Waals surface area contributed by atoms with E-state index < -0.39 is 0 Å². The van der Waals surface area contributed by atoms with Crippen LogP contribution in [0.2, 0.25) is 0 Å². The number of fused-ring (bicyclic) bond motifs is 2. The van der Waals surface area contributed by atoms with Gasteiger partial charge in [0.15, 0.2) is 0 Å². The molecule has 7 rings (SSSR count). The topological polar surface area (TPSA) is 187 Å². The van der Waals surface area contributed by atoms with Crippen molar-refractivity contribution in [2.75, 3.05) is 38.0 Å². The van der Waals surface area contributed by atoms with Gasteiger partial charge in [0.05, 0.1) is 17.6 Å². The Bertz CT molecular complexity index is 2340. The standard InChI is InChI=1S/C51H62N8O6/c1-3-23-58(24-4-2)51(65)40-26-38-17-18-39(28-44(38)56-46(52)29-40)50(64)55-42-27-41-33-57(25-21-43(41)54-30-42)31-34-11-15-37(16-12-34)49(63)53-22-7-5-6-8-45(60)36-13-9-35(10-14-36)32-59-47(61)19-20-48(59)62/h11-12,15-20,26-28,30,35-36H,3-10,13-14,21-25,29,31-33H2,1-2H3,(H2,52,56)(H,53,63)(H,55,64). The van der Waals surface area contributed by atoms with E-state index in [0.29, 0.717) is 85.4 Å². The molecule has 0 bridgehead atoms. The normalized spacial score (nSPS) is 18.3. The van der Waals surface area contributed by atoms with Crippen molar-refractivity contribution in [3.05, 3.63) is 106 Å². The molecule has 3 aromatic rings. The highest BCUT2D eigenvalue weighted by atomic mass is 16.2. The lowest BCUT2D eigenvalue weighted by Crippen LogP contribution is -2.36. The third-order valence-corrected chi connectivity index (χ3v) is 12.8. The highest BCUT2D eigenvalue weighted by molar-refractivity contribution is 6.13. The maximum absolute atomic E-state index is 13.5. The van der Waals surface area contributed by atoms with E-state index in [2.05, 4.69) is 39.4 Å². The van der Waals surface area contributed by atoms with Crippen molar-refractivity contribution in [3.63, 3.8) is 0 Å². The van der Waals surface area contributed by atoms with Crippen molar-refractivity contribution in [1.82, 2.24) is 25.0 Å². The Balaban J connectivity index is 0.825. The number of carbonyl (C=O) groups is 6. The van der Waals surface area contributed by atoms with Crippen molar-refractivity contribution in [3.8, 4) is 0 Å². The number of nitrogens with one attached hydrogen (secondary N) is 2. The molecule has 0 radical (unpaired) electrons. The molecule has 3 aliphatic heterocycles. The van der Waals surface area contributed by atoms with E-state index in [-0.39, 0.29) is 47.8 Å². The summed E-state index contributed by atoms with van der Waals surface area (Å²) in [5, 5.41) is 6.01. The SMILES string of the molecule is CCCN(CCC)C(=O)C1=Cc2ccc(C(=O)Nc3cnc4c(c3)CN(Cc3ccc(C(=O)NCCCCCC(=O)C5CCC(CN6C(=O)C=CC6=O)CC5)cc3)CC4)cc2N=C(N)C1. The molecule has 4 aliphatic rings. The summed E-state index contributed by atoms with van der Waals surface area (Å²) in [6.45, 7) is 8.65. The number of nitrogens with two attached hydrogens (primary N) is 1. The Morgan fingerprint density at radius 2 is 1.58 bits per heavy atom. The van der Waals surface area contributed by atoms with Gasteiger partial charge in [-0.1, -0.05) is 38.5 Å². The second kappa shape index (κ2) is 22.1. The van der Waals surface area contributed by atoms with Crippen LogP contribution in [0.3, 0.4) is 0 Å². The Labute approximate surface area is 381 Å². The molecule has 14 heteroatoms. The van der Waals surface area contributed by atoms with Crippen molar-refractivity contribution < 1.29 is 28.8 Å². The van der Waals surface area contributed by atoms with E-state index >= 15 is 0 Å². The Kier molecular flexibility index (Phi) is 15.9. The van der Waals surface area contributed by atoms with Crippen LogP contribution in [0.4, 0.5) is 11.4 Å². The fraction of sp³-hybridized carbons (Fsp3) is 0.451. The number of ketones is 1. The molecule has 5 amide bonds. The number of hydrogen-bond donors (Lipinski definition) is 3.